The van der Waals surface area contributed by atoms with E-state index < -0.39 is 16.8 Å². The number of nitrogens with zero attached hydrogens (tertiary/aromatic N) is 1. The first kappa shape index (κ1) is 12.5. The summed E-state index contributed by atoms with van der Waals surface area (Å²) < 4.78 is 12.9. The first-order valence-electron chi connectivity index (χ1n) is 4.95. The monoisotopic (exact) mass is 227 g/mol. The van der Waals surface area contributed by atoms with Crippen LogP contribution in [-0.4, -0.2) is 11.5 Å². The Hall–Kier alpha value is -1.53. The molecule has 0 aliphatic carbocycles. The normalized spacial score (nSPS) is 12.4. The summed E-state index contributed by atoms with van der Waals surface area (Å²) in [5, 5.41) is 10.7. The molecule has 16 heavy (non-hydrogen) atoms. The molecule has 0 saturated carbocycles. The Kier molecular flexibility index (Phi) is 4.33. The third-order valence-corrected chi connectivity index (χ3v) is 2.31. The van der Waals surface area contributed by atoms with Crippen molar-refractivity contribution in [1.82, 2.24) is 0 Å². The summed E-state index contributed by atoms with van der Waals surface area (Å²) in [5.74, 6) is -0.638. The SMILES string of the molecule is NCCC[C@H](N)c1ccc(F)cc1[N+](=O)[O-]. The first-order valence-corrected chi connectivity index (χ1v) is 4.95. The van der Waals surface area contributed by atoms with Gasteiger partial charge in [-0.25, -0.2) is 4.39 Å². The molecule has 0 aromatic heterocycles. The Labute approximate surface area is 92.4 Å². The van der Waals surface area contributed by atoms with Gasteiger partial charge in [-0.15, -0.1) is 0 Å². The molecule has 6 heteroatoms. The number of rotatable bonds is 5. The summed E-state index contributed by atoms with van der Waals surface area (Å²) >= 11 is 0. The van der Waals surface area contributed by atoms with E-state index in [2.05, 4.69) is 0 Å². The predicted molar refractivity (Wildman–Crippen MR) is 58.3 cm³/mol. The van der Waals surface area contributed by atoms with Crippen molar-refractivity contribution in [3.05, 3.63) is 39.7 Å². The predicted octanol–water partition coefficient (Wildman–Crippen LogP) is 1.47. The maximum Gasteiger partial charge on any atom is 0.277 e. The highest BCUT2D eigenvalue weighted by atomic mass is 19.1. The van der Waals surface area contributed by atoms with E-state index in [1.54, 1.807) is 0 Å². The van der Waals surface area contributed by atoms with Crippen LogP contribution >= 0.6 is 0 Å². The minimum atomic E-state index is -0.638. The number of benzene rings is 1. The van der Waals surface area contributed by atoms with Crippen LogP contribution in [0.5, 0.6) is 0 Å². The average Bonchev–Trinajstić information content (AvgIpc) is 2.25. The van der Waals surface area contributed by atoms with E-state index in [0.29, 0.717) is 24.9 Å². The lowest BCUT2D eigenvalue weighted by molar-refractivity contribution is -0.385. The van der Waals surface area contributed by atoms with Gasteiger partial charge in [-0.1, -0.05) is 0 Å². The van der Waals surface area contributed by atoms with Crippen LogP contribution in [0.4, 0.5) is 10.1 Å². The Morgan fingerprint density at radius 3 is 2.75 bits per heavy atom. The van der Waals surface area contributed by atoms with Crippen LogP contribution in [0.15, 0.2) is 18.2 Å². The highest BCUT2D eigenvalue weighted by Gasteiger charge is 2.19. The summed E-state index contributed by atoms with van der Waals surface area (Å²) in [6.45, 7) is 0.475. The number of hydrogen-bond donors (Lipinski definition) is 2. The summed E-state index contributed by atoms with van der Waals surface area (Å²) in [4.78, 5) is 10.1. The minimum absolute atomic E-state index is 0.274. The van der Waals surface area contributed by atoms with Gasteiger partial charge >= 0.3 is 0 Å². The van der Waals surface area contributed by atoms with E-state index in [0.717, 1.165) is 6.07 Å². The van der Waals surface area contributed by atoms with Crippen LogP contribution in [0.1, 0.15) is 24.4 Å². The van der Waals surface area contributed by atoms with Crippen molar-refractivity contribution in [1.29, 1.82) is 0 Å². The lowest BCUT2D eigenvalue weighted by Crippen LogP contribution is -2.14. The minimum Gasteiger partial charge on any atom is -0.330 e. The van der Waals surface area contributed by atoms with Gasteiger partial charge in [-0.2, -0.15) is 0 Å². The zero-order valence-corrected chi connectivity index (χ0v) is 8.73. The Bertz CT molecular complexity index is 384. The van der Waals surface area contributed by atoms with Crippen LogP contribution < -0.4 is 11.5 Å². The molecule has 1 atom stereocenters. The fourth-order valence-corrected chi connectivity index (χ4v) is 1.48. The molecule has 88 valence electrons. The zero-order chi connectivity index (χ0) is 12.1. The van der Waals surface area contributed by atoms with Crippen LogP contribution in [0.3, 0.4) is 0 Å². The van der Waals surface area contributed by atoms with E-state index in [9.17, 15) is 14.5 Å². The van der Waals surface area contributed by atoms with Gasteiger partial charge in [0.25, 0.3) is 5.69 Å². The first-order chi connectivity index (χ1) is 7.56. The molecule has 0 amide bonds. The van der Waals surface area contributed by atoms with Crippen LogP contribution in [0.25, 0.3) is 0 Å². The number of hydrogen-bond acceptors (Lipinski definition) is 4. The highest BCUT2D eigenvalue weighted by molar-refractivity contribution is 5.42. The van der Waals surface area contributed by atoms with Crippen molar-refractivity contribution in [2.24, 2.45) is 11.5 Å². The van der Waals surface area contributed by atoms with Gasteiger partial charge in [0.1, 0.15) is 5.82 Å². The fourth-order valence-electron chi connectivity index (χ4n) is 1.48. The standard InChI is InChI=1S/C10H14FN3O2/c11-7-3-4-8(9(13)2-1-5-12)10(6-7)14(15)16/h3-4,6,9H,1-2,5,12-13H2/t9-/m0/s1. The fraction of sp³-hybridized carbons (Fsp3) is 0.400. The summed E-state index contributed by atoms with van der Waals surface area (Å²) in [7, 11) is 0. The molecule has 0 saturated heterocycles. The molecule has 0 unspecified atom stereocenters. The molecular formula is C10H14FN3O2. The molecule has 1 aromatic rings. The van der Waals surface area contributed by atoms with Crippen molar-refractivity contribution in [3.8, 4) is 0 Å². The number of nitro benzene ring substituents is 1. The lowest BCUT2D eigenvalue weighted by Gasteiger charge is -2.11. The van der Waals surface area contributed by atoms with Crippen molar-refractivity contribution < 1.29 is 9.31 Å². The van der Waals surface area contributed by atoms with Crippen molar-refractivity contribution in [3.63, 3.8) is 0 Å². The Balaban J connectivity index is 2.98. The van der Waals surface area contributed by atoms with Gasteiger partial charge in [0.15, 0.2) is 0 Å². The van der Waals surface area contributed by atoms with Crippen LogP contribution in [0.2, 0.25) is 0 Å². The molecule has 1 rings (SSSR count). The average molecular weight is 227 g/mol. The van der Waals surface area contributed by atoms with E-state index in [4.69, 9.17) is 11.5 Å². The van der Waals surface area contributed by atoms with E-state index in [1.807, 2.05) is 0 Å². The molecule has 0 radical (unpaired) electrons. The van der Waals surface area contributed by atoms with E-state index in [1.165, 1.54) is 12.1 Å². The molecule has 0 aliphatic rings. The second-order valence-corrected chi connectivity index (χ2v) is 3.50. The van der Waals surface area contributed by atoms with Gasteiger partial charge in [0.05, 0.1) is 11.0 Å². The van der Waals surface area contributed by atoms with Gasteiger partial charge in [0, 0.05) is 11.6 Å². The van der Waals surface area contributed by atoms with Crippen molar-refractivity contribution >= 4 is 5.69 Å². The van der Waals surface area contributed by atoms with Gasteiger partial charge < -0.3 is 11.5 Å². The molecule has 0 bridgehead atoms. The molecule has 5 nitrogen and oxygen atoms in total. The quantitative estimate of drug-likeness (QED) is 0.588. The molecule has 0 fully saturated rings. The van der Waals surface area contributed by atoms with Gasteiger partial charge in [-0.05, 0) is 31.5 Å². The second-order valence-electron chi connectivity index (χ2n) is 3.50. The maximum absolute atomic E-state index is 12.9. The number of nitro groups is 1. The van der Waals surface area contributed by atoms with Crippen molar-refractivity contribution in [2.45, 2.75) is 18.9 Å². The smallest absolute Gasteiger partial charge is 0.277 e. The van der Waals surface area contributed by atoms with Gasteiger partial charge in [0.2, 0.25) is 0 Å². The van der Waals surface area contributed by atoms with E-state index >= 15 is 0 Å². The zero-order valence-electron chi connectivity index (χ0n) is 8.73. The number of nitrogens with two attached hydrogens (primary N) is 2. The molecule has 4 N–H and O–H groups in total. The van der Waals surface area contributed by atoms with E-state index in [-0.39, 0.29) is 5.69 Å². The maximum atomic E-state index is 12.9. The van der Waals surface area contributed by atoms with Gasteiger partial charge in [-0.3, -0.25) is 10.1 Å². The molecule has 1 aromatic carbocycles. The Morgan fingerprint density at radius 2 is 2.19 bits per heavy atom. The summed E-state index contributed by atoms with van der Waals surface area (Å²) in [6.07, 6.45) is 1.22. The van der Waals surface area contributed by atoms with Crippen LogP contribution in [-0.2, 0) is 0 Å². The topological polar surface area (TPSA) is 95.2 Å². The van der Waals surface area contributed by atoms with Crippen molar-refractivity contribution in [2.75, 3.05) is 6.54 Å². The Morgan fingerprint density at radius 1 is 1.50 bits per heavy atom. The third kappa shape index (κ3) is 2.98. The summed E-state index contributed by atoms with van der Waals surface area (Å²) in [6, 6.07) is 2.93. The molecular weight excluding hydrogens is 213 g/mol. The molecule has 0 spiro atoms. The number of halogens is 1. The largest absolute Gasteiger partial charge is 0.330 e. The highest BCUT2D eigenvalue weighted by Crippen LogP contribution is 2.26. The lowest BCUT2D eigenvalue weighted by atomic mass is 10.0. The molecule has 0 heterocycles. The second kappa shape index (κ2) is 5.53. The third-order valence-electron chi connectivity index (χ3n) is 2.31. The molecule has 0 aliphatic heterocycles. The van der Waals surface area contributed by atoms with Crippen LogP contribution in [0, 0.1) is 15.9 Å². The summed E-state index contributed by atoms with van der Waals surface area (Å²) in [5.41, 5.74) is 11.2.